The maximum atomic E-state index is 10.7. The van der Waals surface area contributed by atoms with E-state index in [1.54, 1.807) is 13.3 Å². The number of nitrogens with zero attached hydrogens (tertiary/aromatic N) is 1. The molecule has 20 heavy (non-hydrogen) atoms. The Hall–Kier alpha value is -2.30. The fourth-order valence-electron chi connectivity index (χ4n) is 2.26. The van der Waals surface area contributed by atoms with E-state index in [0.717, 1.165) is 33.7 Å². The number of methoxy groups -OCH3 is 1. The number of aliphatic carboxylic acids is 1. The molecule has 5 heteroatoms. The average Bonchev–Trinajstić information content (AvgIpc) is 2.87. The molecule has 0 aliphatic carbocycles. The summed E-state index contributed by atoms with van der Waals surface area (Å²) in [5.74, 6) is 0.0395. The molecule has 0 aliphatic heterocycles. The number of hydrogen-bond donors (Lipinski definition) is 2. The number of ether oxygens (including phenoxy) is 1. The van der Waals surface area contributed by atoms with Crippen LogP contribution in [0, 0.1) is 13.8 Å². The third kappa shape index (κ3) is 2.66. The lowest BCUT2D eigenvalue weighted by Crippen LogP contribution is -1.99. The molecule has 1 aromatic carbocycles. The van der Waals surface area contributed by atoms with Crippen LogP contribution in [0.15, 0.2) is 18.3 Å². The Labute approximate surface area is 117 Å². The summed E-state index contributed by atoms with van der Waals surface area (Å²) in [5, 5.41) is 15.8. The molecule has 2 aromatic rings. The zero-order valence-corrected chi connectivity index (χ0v) is 11.9. The minimum atomic E-state index is -0.806. The second kappa shape index (κ2) is 5.77. The molecule has 106 valence electrons. The van der Waals surface area contributed by atoms with Crippen LogP contribution in [0.1, 0.15) is 23.1 Å². The van der Waals surface area contributed by atoms with E-state index in [0.29, 0.717) is 6.42 Å². The minimum Gasteiger partial charge on any atom is -0.496 e. The third-order valence-electron chi connectivity index (χ3n) is 3.55. The van der Waals surface area contributed by atoms with Crippen molar-refractivity contribution in [3.8, 4) is 17.0 Å². The third-order valence-corrected chi connectivity index (χ3v) is 3.55. The summed E-state index contributed by atoms with van der Waals surface area (Å²) in [5.41, 5.74) is 5.00. The molecule has 0 radical (unpaired) electrons. The number of carbonyl (C=O) groups is 1. The molecule has 0 spiro atoms. The molecule has 0 amide bonds. The van der Waals surface area contributed by atoms with Gasteiger partial charge in [0.1, 0.15) is 5.75 Å². The summed E-state index contributed by atoms with van der Waals surface area (Å²) in [7, 11) is 1.65. The number of H-pyrrole nitrogens is 1. The zero-order valence-electron chi connectivity index (χ0n) is 11.9. The lowest BCUT2D eigenvalue weighted by Gasteiger charge is -2.12. The van der Waals surface area contributed by atoms with Gasteiger partial charge in [0.2, 0.25) is 0 Å². The number of aromatic amines is 1. The summed E-state index contributed by atoms with van der Waals surface area (Å²) < 4.78 is 5.30. The molecule has 2 rings (SSSR count). The van der Waals surface area contributed by atoms with Crippen LogP contribution in [-0.4, -0.2) is 28.4 Å². The molecular weight excluding hydrogens is 256 g/mol. The van der Waals surface area contributed by atoms with Gasteiger partial charge in [0.25, 0.3) is 0 Å². The maximum absolute atomic E-state index is 10.7. The van der Waals surface area contributed by atoms with Crippen molar-refractivity contribution in [2.75, 3.05) is 7.11 Å². The number of carboxylic acids is 1. The first-order chi connectivity index (χ1) is 9.54. The van der Waals surface area contributed by atoms with E-state index < -0.39 is 5.97 Å². The monoisotopic (exact) mass is 274 g/mol. The summed E-state index contributed by atoms with van der Waals surface area (Å²) >= 11 is 0. The van der Waals surface area contributed by atoms with E-state index in [4.69, 9.17) is 9.84 Å². The summed E-state index contributed by atoms with van der Waals surface area (Å²) in [6, 6.07) is 3.89. The Morgan fingerprint density at radius 3 is 2.75 bits per heavy atom. The number of carboxylic acid groups (broad SMARTS) is 1. The number of aryl methyl sites for hydroxylation is 1. The number of rotatable bonds is 5. The summed E-state index contributed by atoms with van der Waals surface area (Å²) in [6.45, 7) is 4.03. The molecule has 0 fully saturated rings. The van der Waals surface area contributed by atoms with Crippen molar-refractivity contribution in [2.24, 2.45) is 0 Å². The SMILES string of the molecule is COc1ccc(-c2[nH]ncc2CCC(=O)O)c(C)c1C. The van der Waals surface area contributed by atoms with Gasteiger partial charge in [0.15, 0.2) is 0 Å². The van der Waals surface area contributed by atoms with Gasteiger partial charge in [-0.1, -0.05) is 0 Å². The van der Waals surface area contributed by atoms with Gasteiger partial charge in [-0.2, -0.15) is 5.10 Å². The van der Waals surface area contributed by atoms with Crippen LogP contribution in [0.25, 0.3) is 11.3 Å². The van der Waals surface area contributed by atoms with Crippen molar-refractivity contribution >= 4 is 5.97 Å². The molecule has 0 unspecified atom stereocenters. The normalized spacial score (nSPS) is 10.6. The van der Waals surface area contributed by atoms with Crippen LogP contribution in [0.3, 0.4) is 0 Å². The fourth-order valence-corrected chi connectivity index (χ4v) is 2.26. The van der Waals surface area contributed by atoms with E-state index in [2.05, 4.69) is 10.2 Å². The highest BCUT2D eigenvalue weighted by Gasteiger charge is 2.14. The van der Waals surface area contributed by atoms with Gasteiger partial charge in [0, 0.05) is 12.0 Å². The Kier molecular flexibility index (Phi) is 4.08. The molecule has 2 N–H and O–H groups in total. The van der Waals surface area contributed by atoms with Crippen LogP contribution < -0.4 is 4.74 Å². The minimum absolute atomic E-state index is 0.0979. The van der Waals surface area contributed by atoms with Crippen molar-refractivity contribution < 1.29 is 14.6 Å². The van der Waals surface area contributed by atoms with Gasteiger partial charge in [0.05, 0.1) is 19.0 Å². The molecule has 1 aromatic heterocycles. The van der Waals surface area contributed by atoms with Crippen LogP contribution in [0.2, 0.25) is 0 Å². The highest BCUT2D eigenvalue weighted by atomic mass is 16.5. The predicted molar refractivity (Wildman–Crippen MR) is 76.0 cm³/mol. The highest BCUT2D eigenvalue weighted by Crippen LogP contribution is 2.31. The average molecular weight is 274 g/mol. The molecule has 0 bridgehead atoms. The van der Waals surface area contributed by atoms with Crippen LogP contribution in [-0.2, 0) is 11.2 Å². The Morgan fingerprint density at radius 2 is 2.10 bits per heavy atom. The smallest absolute Gasteiger partial charge is 0.303 e. The molecule has 0 aliphatic rings. The van der Waals surface area contributed by atoms with Crippen molar-refractivity contribution in [3.05, 3.63) is 35.0 Å². The van der Waals surface area contributed by atoms with Crippen LogP contribution in [0.5, 0.6) is 5.75 Å². The lowest BCUT2D eigenvalue weighted by molar-refractivity contribution is -0.136. The predicted octanol–water partition coefficient (Wildman–Crippen LogP) is 2.72. The summed E-state index contributed by atoms with van der Waals surface area (Å²) in [6.07, 6.45) is 2.25. The fraction of sp³-hybridized carbons (Fsp3) is 0.333. The van der Waals surface area contributed by atoms with Crippen molar-refractivity contribution in [1.82, 2.24) is 10.2 Å². The number of hydrogen-bond acceptors (Lipinski definition) is 3. The standard InChI is InChI=1S/C15H18N2O3/c1-9-10(2)13(20-3)6-5-12(9)15-11(8-16-17-15)4-7-14(18)19/h5-6,8H,4,7H2,1-3H3,(H,16,17)(H,18,19). The topological polar surface area (TPSA) is 75.2 Å². The van der Waals surface area contributed by atoms with E-state index in [-0.39, 0.29) is 6.42 Å². The number of aromatic nitrogens is 2. The van der Waals surface area contributed by atoms with Gasteiger partial charge in [-0.05, 0) is 49.1 Å². The second-order valence-corrected chi connectivity index (χ2v) is 4.73. The van der Waals surface area contributed by atoms with Gasteiger partial charge < -0.3 is 9.84 Å². The molecule has 0 saturated carbocycles. The number of benzene rings is 1. The molecule has 5 nitrogen and oxygen atoms in total. The quantitative estimate of drug-likeness (QED) is 0.879. The van der Waals surface area contributed by atoms with Gasteiger partial charge in [-0.25, -0.2) is 0 Å². The molecular formula is C15H18N2O3. The number of nitrogens with one attached hydrogen (secondary N) is 1. The highest BCUT2D eigenvalue weighted by molar-refractivity contribution is 5.71. The second-order valence-electron chi connectivity index (χ2n) is 4.73. The molecule has 0 atom stereocenters. The summed E-state index contributed by atoms with van der Waals surface area (Å²) in [4.78, 5) is 10.7. The molecule has 1 heterocycles. The van der Waals surface area contributed by atoms with Crippen molar-refractivity contribution in [2.45, 2.75) is 26.7 Å². The largest absolute Gasteiger partial charge is 0.496 e. The van der Waals surface area contributed by atoms with Crippen LogP contribution in [0.4, 0.5) is 0 Å². The van der Waals surface area contributed by atoms with E-state index in [1.807, 2.05) is 26.0 Å². The Bertz CT molecular complexity index is 632. The van der Waals surface area contributed by atoms with E-state index in [1.165, 1.54) is 0 Å². The first-order valence-electron chi connectivity index (χ1n) is 6.43. The van der Waals surface area contributed by atoms with E-state index >= 15 is 0 Å². The van der Waals surface area contributed by atoms with Crippen molar-refractivity contribution in [3.63, 3.8) is 0 Å². The maximum Gasteiger partial charge on any atom is 0.303 e. The Balaban J connectivity index is 2.40. The first-order valence-corrected chi connectivity index (χ1v) is 6.43. The lowest BCUT2D eigenvalue weighted by atomic mass is 9.97. The molecule has 0 saturated heterocycles. The van der Waals surface area contributed by atoms with Gasteiger partial charge in [-0.3, -0.25) is 9.89 Å². The van der Waals surface area contributed by atoms with Gasteiger partial charge >= 0.3 is 5.97 Å². The first kappa shape index (κ1) is 14.1. The zero-order chi connectivity index (χ0) is 14.7. The van der Waals surface area contributed by atoms with Crippen molar-refractivity contribution in [1.29, 1.82) is 0 Å². The van der Waals surface area contributed by atoms with Crippen LogP contribution >= 0.6 is 0 Å². The Morgan fingerprint density at radius 1 is 1.35 bits per heavy atom. The van der Waals surface area contributed by atoms with E-state index in [9.17, 15) is 4.79 Å². The van der Waals surface area contributed by atoms with Gasteiger partial charge in [-0.15, -0.1) is 0 Å².